The monoisotopic (exact) mass is 193 g/mol. The molecular weight excluding hydrogens is 178 g/mol. The maximum Gasteiger partial charge on any atom is 0.352 e. The summed E-state index contributed by atoms with van der Waals surface area (Å²) in [6, 6.07) is 0.552. The van der Waals surface area contributed by atoms with Crippen LogP contribution in [-0.4, -0.2) is 28.6 Å². The Hall–Kier alpha value is -0.990. The van der Waals surface area contributed by atoms with Crippen LogP contribution >= 0.6 is 0 Å². The molecule has 2 heterocycles. The second kappa shape index (κ2) is 2.75. The van der Waals surface area contributed by atoms with Crippen molar-refractivity contribution in [1.29, 1.82) is 0 Å². The summed E-state index contributed by atoms with van der Waals surface area (Å²) < 4.78 is 0. The zero-order chi connectivity index (χ0) is 9.71. The van der Waals surface area contributed by atoms with E-state index in [-0.39, 0.29) is 0 Å². The Labute approximate surface area is 83.4 Å². The number of nitrogens with zero attached hydrogens (tertiary/aromatic N) is 1. The Kier molecular flexibility index (Phi) is 1.64. The molecule has 3 aliphatic rings. The van der Waals surface area contributed by atoms with Crippen LogP contribution in [0.4, 0.5) is 0 Å². The molecule has 0 spiro atoms. The third kappa shape index (κ3) is 0.900. The fourth-order valence-electron chi connectivity index (χ4n) is 3.31. The van der Waals surface area contributed by atoms with Gasteiger partial charge in [0.15, 0.2) is 0 Å². The van der Waals surface area contributed by atoms with Gasteiger partial charge in [0.25, 0.3) is 0 Å². The van der Waals surface area contributed by atoms with E-state index in [9.17, 15) is 9.90 Å². The molecule has 2 fully saturated rings. The summed E-state index contributed by atoms with van der Waals surface area (Å²) in [4.78, 5) is 13.3. The van der Waals surface area contributed by atoms with Crippen molar-refractivity contribution in [3.8, 4) is 0 Å². The van der Waals surface area contributed by atoms with Gasteiger partial charge in [-0.25, -0.2) is 4.79 Å². The van der Waals surface area contributed by atoms with Gasteiger partial charge in [-0.3, -0.25) is 0 Å². The molecule has 3 nitrogen and oxygen atoms in total. The van der Waals surface area contributed by atoms with Gasteiger partial charge in [-0.2, -0.15) is 0 Å². The lowest BCUT2D eigenvalue weighted by Gasteiger charge is -2.41. The van der Waals surface area contributed by atoms with Gasteiger partial charge in [0.2, 0.25) is 0 Å². The van der Waals surface area contributed by atoms with Crippen molar-refractivity contribution in [2.75, 3.05) is 6.54 Å². The Balaban J connectivity index is 2.00. The summed E-state index contributed by atoms with van der Waals surface area (Å²) in [6.07, 6.45) is 5.91. The molecule has 76 valence electrons. The maximum absolute atomic E-state index is 11.1. The Morgan fingerprint density at radius 2 is 2.21 bits per heavy atom. The molecule has 0 aromatic carbocycles. The Bertz CT molecular complexity index is 321. The van der Waals surface area contributed by atoms with Gasteiger partial charge < -0.3 is 10.0 Å². The van der Waals surface area contributed by atoms with Crippen molar-refractivity contribution < 1.29 is 9.90 Å². The first-order chi connectivity index (χ1) is 6.79. The van der Waals surface area contributed by atoms with Crippen molar-refractivity contribution in [1.82, 2.24) is 4.90 Å². The van der Waals surface area contributed by atoms with Gasteiger partial charge in [0.1, 0.15) is 5.70 Å². The van der Waals surface area contributed by atoms with Crippen molar-refractivity contribution >= 4 is 5.97 Å². The quantitative estimate of drug-likeness (QED) is 0.687. The first kappa shape index (κ1) is 8.33. The highest BCUT2D eigenvalue weighted by Crippen LogP contribution is 2.47. The van der Waals surface area contributed by atoms with Crippen LogP contribution in [0.3, 0.4) is 0 Å². The summed E-state index contributed by atoms with van der Waals surface area (Å²) in [7, 11) is 0. The third-order valence-electron chi connectivity index (χ3n) is 3.98. The van der Waals surface area contributed by atoms with Crippen LogP contribution in [0, 0.1) is 5.92 Å². The summed E-state index contributed by atoms with van der Waals surface area (Å²) in [5, 5.41) is 9.17. The predicted octanol–water partition coefficient (Wildman–Crippen LogP) is 1.60. The van der Waals surface area contributed by atoms with Crippen molar-refractivity contribution in [2.45, 2.75) is 38.1 Å². The SMILES string of the molecule is O=C(O)C1=C2CCCCC2C2CCN12. The number of hydrogen-bond acceptors (Lipinski definition) is 2. The van der Waals surface area contributed by atoms with Crippen LogP contribution in [0.25, 0.3) is 0 Å². The summed E-state index contributed by atoms with van der Waals surface area (Å²) in [5.41, 5.74) is 1.91. The molecule has 0 amide bonds. The largest absolute Gasteiger partial charge is 0.477 e. The fourth-order valence-corrected chi connectivity index (χ4v) is 3.31. The van der Waals surface area contributed by atoms with Crippen LogP contribution in [0.2, 0.25) is 0 Å². The van der Waals surface area contributed by atoms with Crippen LogP contribution in [-0.2, 0) is 4.79 Å². The lowest BCUT2D eigenvalue weighted by molar-refractivity contribution is -0.135. The topological polar surface area (TPSA) is 40.5 Å². The highest BCUT2D eigenvalue weighted by Gasteiger charge is 2.47. The Morgan fingerprint density at radius 3 is 2.86 bits per heavy atom. The van der Waals surface area contributed by atoms with E-state index < -0.39 is 5.97 Å². The van der Waals surface area contributed by atoms with Crippen molar-refractivity contribution in [2.24, 2.45) is 5.92 Å². The second-order valence-electron chi connectivity index (χ2n) is 4.58. The molecule has 2 unspecified atom stereocenters. The van der Waals surface area contributed by atoms with Gasteiger partial charge >= 0.3 is 5.97 Å². The van der Waals surface area contributed by atoms with Gasteiger partial charge in [0, 0.05) is 18.5 Å². The molecule has 0 aromatic rings. The number of rotatable bonds is 1. The molecule has 0 bridgehead atoms. The van der Waals surface area contributed by atoms with Crippen molar-refractivity contribution in [3.05, 3.63) is 11.3 Å². The number of aliphatic carboxylic acids is 1. The molecule has 14 heavy (non-hydrogen) atoms. The number of carboxylic acids is 1. The van der Waals surface area contributed by atoms with E-state index in [1.807, 2.05) is 0 Å². The van der Waals surface area contributed by atoms with E-state index in [2.05, 4.69) is 4.90 Å². The molecule has 3 heteroatoms. The fraction of sp³-hybridized carbons (Fsp3) is 0.727. The molecule has 1 saturated carbocycles. The maximum atomic E-state index is 11.1. The molecule has 3 rings (SSSR count). The average molecular weight is 193 g/mol. The molecule has 1 aliphatic carbocycles. The van der Waals surface area contributed by atoms with Crippen molar-refractivity contribution in [3.63, 3.8) is 0 Å². The van der Waals surface area contributed by atoms with Crippen LogP contribution in [0.15, 0.2) is 11.3 Å². The lowest BCUT2D eigenvalue weighted by Crippen LogP contribution is -2.47. The average Bonchev–Trinajstić information content (AvgIpc) is 2.34. The van der Waals surface area contributed by atoms with E-state index in [1.54, 1.807) is 0 Å². The third-order valence-corrected chi connectivity index (χ3v) is 3.98. The molecule has 1 saturated heterocycles. The molecule has 1 N–H and O–H groups in total. The number of hydrogen-bond donors (Lipinski definition) is 1. The van der Waals surface area contributed by atoms with E-state index in [0.29, 0.717) is 17.7 Å². The van der Waals surface area contributed by atoms with E-state index >= 15 is 0 Å². The minimum absolute atomic E-state index is 0.552. The van der Waals surface area contributed by atoms with E-state index in [1.165, 1.54) is 31.3 Å². The van der Waals surface area contributed by atoms with Gasteiger partial charge in [-0.05, 0) is 31.3 Å². The van der Waals surface area contributed by atoms with E-state index in [0.717, 1.165) is 13.0 Å². The van der Waals surface area contributed by atoms with Gasteiger partial charge in [-0.15, -0.1) is 0 Å². The Morgan fingerprint density at radius 1 is 1.36 bits per heavy atom. The second-order valence-corrected chi connectivity index (χ2v) is 4.58. The zero-order valence-electron chi connectivity index (χ0n) is 8.20. The lowest BCUT2D eigenvalue weighted by atomic mass is 9.79. The zero-order valence-corrected chi connectivity index (χ0v) is 8.20. The summed E-state index contributed by atoms with van der Waals surface area (Å²) in [6.45, 7) is 0.965. The summed E-state index contributed by atoms with van der Waals surface area (Å²) in [5.74, 6) is -0.113. The first-order valence-corrected chi connectivity index (χ1v) is 5.52. The smallest absolute Gasteiger partial charge is 0.352 e. The predicted molar refractivity (Wildman–Crippen MR) is 51.7 cm³/mol. The first-order valence-electron chi connectivity index (χ1n) is 5.52. The highest BCUT2D eigenvalue weighted by molar-refractivity contribution is 5.88. The van der Waals surface area contributed by atoms with E-state index in [4.69, 9.17) is 0 Å². The van der Waals surface area contributed by atoms with Crippen LogP contribution in [0.1, 0.15) is 32.1 Å². The van der Waals surface area contributed by atoms with Crippen LogP contribution in [0.5, 0.6) is 0 Å². The molecule has 0 aromatic heterocycles. The minimum atomic E-state index is -0.700. The number of carbonyl (C=O) groups is 1. The van der Waals surface area contributed by atoms with Gasteiger partial charge in [-0.1, -0.05) is 6.42 Å². The van der Waals surface area contributed by atoms with Crippen LogP contribution < -0.4 is 0 Å². The number of fused-ring (bicyclic) bond motifs is 3. The summed E-state index contributed by atoms with van der Waals surface area (Å²) >= 11 is 0. The molecule has 2 atom stereocenters. The molecule has 2 aliphatic heterocycles. The standard InChI is InChI=1S/C11H15NO2/c13-11(14)10-8-4-2-1-3-7(8)9-5-6-12(9)10/h7,9H,1-6H2,(H,13,14). The minimum Gasteiger partial charge on any atom is -0.477 e. The normalized spacial score (nSPS) is 35.0. The number of carboxylic acid groups (broad SMARTS) is 1. The highest BCUT2D eigenvalue weighted by atomic mass is 16.4. The molecule has 0 radical (unpaired) electrons. The van der Waals surface area contributed by atoms with Gasteiger partial charge in [0.05, 0.1) is 0 Å². The molecular formula is C11H15NO2.